The Kier molecular flexibility index (Phi) is 5.40. The fourth-order valence-corrected chi connectivity index (χ4v) is 4.15. The van der Waals surface area contributed by atoms with E-state index in [2.05, 4.69) is 29.9 Å². The third kappa shape index (κ3) is 4.36. The van der Waals surface area contributed by atoms with Crippen LogP contribution in [0.4, 0.5) is 4.79 Å². The number of hydrogen-bond donors (Lipinski definition) is 1. The van der Waals surface area contributed by atoms with Crippen LogP contribution in [0.3, 0.4) is 0 Å². The van der Waals surface area contributed by atoms with Gasteiger partial charge in [0.25, 0.3) is 5.56 Å². The van der Waals surface area contributed by atoms with Gasteiger partial charge in [0.05, 0.1) is 23.2 Å². The molecule has 1 aliphatic heterocycles. The number of carbonyl (C=O) groups excluding carboxylic acids is 1. The van der Waals surface area contributed by atoms with Crippen LogP contribution < -0.4 is 5.56 Å². The lowest BCUT2D eigenvalue weighted by Gasteiger charge is -2.26. The first kappa shape index (κ1) is 21.5. The average Bonchev–Trinajstić information content (AvgIpc) is 3.51. The predicted octanol–water partition coefficient (Wildman–Crippen LogP) is 4.05. The normalized spacial score (nSPS) is 17.8. The maximum atomic E-state index is 13.1. The second kappa shape index (κ2) is 7.77. The van der Waals surface area contributed by atoms with Crippen LogP contribution in [0.15, 0.2) is 23.3 Å². The molecule has 4 rings (SSSR count). The quantitative estimate of drug-likeness (QED) is 0.803. The van der Waals surface area contributed by atoms with E-state index in [4.69, 9.17) is 9.72 Å². The van der Waals surface area contributed by atoms with Gasteiger partial charge in [-0.25, -0.2) is 9.78 Å². The molecule has 1 fully saturated rings. The highest BCUT2D eigenvalue weighted by molar-refractivity contribution is 5.68. The minimum absolute atomic E-state index is 0.158. The van der Waals surface area contributed by atoms with Crippen molar-refractivity contribution in [2.24, 2.45) is 0 Å². The van der Waals surface area contributed by atoms with Gasteiger partial charge in [-0.3, -0.25) is 9.78 Å². The molecule has 2 aliphatic rings. The van der Waals surface area contributed by atoms with E-state index in [9.17, 15) is 9.59 Å². The highest BCUT2D eigenvalue weighted by atomic mass is 16.6. The van der Waals surface area contributed by atoms with E-state index in [1.165, 1.54) is 5.56 Å². The zero-order chi connectivity index (χ0) is 22.4. The smallest absolute Gasteiger partial charge is 0.410 e. The van der Waals surface area contributed by atoms with Crippen LogP contribution in [0.1, 0.15) is 88.0 Å². The van der Waals surface area contributed by atoms with Crippen molar-refractivity contribution >= 4 is 6.09 Å². The molecule has 31 heavy (non-hydrogen) atoms. The molecule has 1 amide bonds. The number of amides is 1. The third-order valence-electron chi connectivity index (χ3n) is 6.13. The second-order valence-corrected chi connectivity index (χ2v) is 10.1. The van der Waals surface area contributed by atoms with Gasteiger partial charge in [0, 0.05) is 18.9 Å². The molecule has 1 saturated carbocycles. The lowest BCUT2D eigenvalue weighted by atomic mass is 9.93. The Morgan fingerprint density at radius 3 is 2.65 bits per heavy atom. The van der Waals surface area contributed by atoms with Crippen molar-refractivity contribution in [1.82, 2.24) is 19.9 Å². The number of nitrogens with zero attached hydrogens (tertiary/aromatic N) is 3. The summed E-state index contributed by atoms with van der Waals surface area (Å²) >= 11 is 0. The standard InChI is InChI=1S/C24H32N4O3/c1-15(2)16-11-17(13-25-12-16)24(8-9-24)21-26-19-7-6-10-28(14-18(19)20(29)27-21)22(30)31-23(3,4)5/h11-13,15H,6-10,14H2,1-5H3,(H,26,27,29). The number of rotatable bonds is 3. The molecule has 7 heteroatoms. The van der Waals surface area contributed by atoms with E-state index in [1.54, 1.807) is 4.90 Å². The molecule has 0 atom stereocenters. The SMILES string of the molecule is CC(C)c1cncc(C2(c3nc4c(c(=O)[nH]3)CN(C(=O)OC(C)(C)C)CCC4)CC2)c1. The highest BCUT2D eigenvalue weighted by Crippen LogP contribution is 2.52. The number of aromatic amines is 1. The zero-order valence-corrected chi connectivity index (χ0v) is 19.1. The number of nitrogens with one attached hydrogen (secondary N) is 1. The zero-order valence-electron chi connectivity index (χ0n) is 19.1. The summed E-state index contributed by atoms with van der Waals surface area (Å²) in [5, 5.41) is 0. The summed E-state index contributed by atoms with van der Waals surface area (Å²) in [6, 6.07) is 2.20. The van der Waals surface area contributed by atoms with Crippen molar-refractivity contribution in [3.8, 4) is 0 Å². The Hall–Kier alpha value is -2.70. The molecule has 1 aliphatic carbocycles. The number of aromatic nitrogens is 3. The summed E-state index contributed by atoms with van der Waals surface area (Å²) in [5.74, 6) is 1.12. The minimum Gasteiger partial charge on any atom is -0.444 e. The summed E-state index contributed by atoms with van der Waals surface area (Å²) in [7, 11) is 0. The first-order valence-corrected chi connectivity index (χ1v) is 11.1. The van der Waals surface area contributed by atoms with Gasteiger partial charge in [0.2, 0.25) is 0 Å². The van der Waals surface area contributed by atoms with Crippen molar-refractivity contribution < 1.29 is 9.53 Å². The van der Waals surface area contributed by atoms with E-state index in [-0.39, 0.29) is 23.6 Å². The van der Waals surface area contributed by atoms with Crippen molar-refractivity contribution in [3.05, 3.63) is 57.0 Å². The maximum absolute atomic E-state index is 13.1. The Labute approximate surface area is 183 Å². The molecular formula is C24H32N4O3. The van der Waals surface area contributed by atoms with Crippen LogP contribution in [-0.4, -0.2) is 38.1 Å². The summed E-state index contributed by atoms with van der Waals surface area (Å²) in [6.45, 7) is 10.6. The van der Waals surface area contributed by atoms with Gasteiger partial charge < -0.3 is 14.6 Å². The number of hydrogen-bond acceptors (Lipinski definition) is 5. The largest absolute Gasteiger partial charge is 0.444 e. The molecule has 0 spiro atoms. The van der Waals surface area contributed by atoms with Crippen LogP contribution in [0, 0.1) is 0 Å². The molecule has 3 heterocycles. The molecule has 0 aromatic carbocycles. The highest BCUT2D eigenvalue weighted by Gasteiger charge is 2.49. The van der Waals surface area contributed by atoms with Gasteiger partial charge in [-0.1, -0.05) is 19.9 Å². The van der Waals surface area contributed by atoms with Gasteiger partial charge in [-0.15, -0.1) is 0 Å². The fraction of sp³-hybridized carbons (Fsp3) is 0.583. The Morgan fingerprint density at radius 1 is 1.26 bits per heavy atom. The predicted molar refractivity (Wildman–Crippen MR) is 118 cm³/mol. The molecule has 0 radical (unpaired) electrons. The molecule has 166 valence electrons. The Balaban J connectivity index is 1.65. The maximum Gasteiger partial charge on any atom is 0.410 e. The monoisotopic (exact) mass is 424 g/mol. The summed E-state index contributed by atoms with van der Waals surface area (Å²) in [5.41, 5.74) is 2.68. The van der Waals surface area contributed by atoms with Gasteiger partial charge in [-0.05, 0) is 63.5 Å². The fourth-order valence-electron chi connectivity index (χ4n) is 4.15. The van der Waals surface area contributed by atoms with E-state index in [0.717, 1.165) is 36.3 Å². The molecule has 0 saturated heterocycles. The number of ether oxygens (including phenoxy) is 1. The molecule has 1 N–H and O–H groups in total. The molecule has 2 aromatic rings. The Morgan fingerprint density at radius 2 is 2.00 bits per heavy atom. The first-order chi connectivity index (χ1) is 14.6. The van der Waals surface area contributed by atoms with Gasteiger partial charge in [0.15, 0.2) is 0 Å². The van der Waals surface area contributed by atoms with Gasteiger partial charge in [0.1, 0.15) is 11.4 Å². The van der Waals surface area contributed by atoms with Crippen molar-refractivity contribution in [2.75, 3.05) is 6.54 Å². The second-order valence-electron chi connectivity index (χ2n) is 10.1. The minimum atomic E-state index is -0.572. The molecule has 0 bridgehead atoms. The summed E-state index contributed by atoms with van der Waals surface area (Å²) < 4.78 is 5.51. The summed E-state index contributed by atoms with van der Waals surface area (Å²) in [6.07, 6.45) is 6.73. The summed E-state index contributed by atoms with van der Waals surface area (Å²) in [4.78, 5) is 39.7. The molecule has 7 nitrogen and oxygen atoms in total. The van der Waals surface area contributed by atoms with Crippen molar-refractivity contribution in [1.29, 1.82) is 0 Å². The van der Waals surface area contributed by atoms with Crippen LogP contribution >= 0.6 is 0 Å². The number of H-pyrrole nitrogens is 1. The topological polar surface area (TPSA) is 88.2 Å². The third-order valence-corrected chi connectivity index (χ3v) is 6.13. The first-order valence-electron chi connectivity index (χ1n) is 11.1. The number of aryl methyl sites for hydroxylation is 1. The lowest BCUT2D eigenvalue weighted by Crippen LogP contribution is -2.37. The number of fused-ring (bicyclic) bond motifs is 1. The van der Waals surface area contributed by atoms with E-state index < -0.39 is 5.60 Å². The van der Waals surface area contributed by atoms with Crippen molar-refractivity contribution in [3.63, 3.8) is 0 Å². The van der Waals surface area contributed by atoms with Gasteiger partial charge in [-0.2, -0.15) is 0 Å². The lowest BCUT2D eigenvalue weighted by molar-refractivity contribution is 0.0236. The van der Waals surface area contributed by atoms with Crippen LogP contribution in [0.2, 0.25) is 0 Å². The van der Waals surface area contributed by atoms with E-state index in [1.807, 2.05) is 33.2 Å². The number of pyridine rings is 1. The molecule has 0 unspecified atom stereocenters. The van der Waals surface area contributed by atoms with Crippen LogP contribution in [0.25, 0.3) is 0 Å². The van der Waals surface area contributed by atoms with Gasteiger partial charge >= 0.3 is 6.09 Å². The van der Waals surface area contributed by atoms with Crippen LogP contribution in [0.5, 0.6) is 0 Å². The van der Waals surface area contributed by atoms with E-state index in [0.29, 0.717) is 24.4 Å². The van der Waals surface area contributed by atoms with Crippen LogP contribution in [-0.2, 0) is 23.1 Å². The average molecular weight is 425 g/mol. The van der Waals surface area contributed by atoms with E-state index >= 15 is 0 Å². The molecular weight excluding hydrogens is 392 g/mol. The van der Waals surface area contributed by atoms with Crippen molar-refractivity contribution in [2.45, 2.75) is 83.8 Å². The molecule has 2 aromatic heterocycles. The Bertz CT molecular complexity index is 1050. The number of carbonyl (C=O) groups is 1.